The molecule has 48 valence electrons. The van der Waals surface area contributed by atoms with Crippen LogP contribution in [0.1, 0.15) is 19.3 Å². The van der Waals surface area contributed by atoms with E-state index in [9.17, 15) is 0 Å². The fraction of sp³-hybridized carbons (Fsp3) is 0.333. The minimum absolute atomic E-state index is 1.05. The molecule has 0 fully saturated rings. The maximum atomic E-state index is 3.92. The number of hydrogen-bond donors (Lipinski definition) is 0. The molecular weight excluding hydrogens is 108 g/mol. The largest absolute Gasteiger partial charge is 0.0995 e. The molecule has 0 nitrogen and oxygen atoms in total. The van der Waals surface area contributed by atoms with Gasteiger partial charge in [-0.05, 0) is 24.8 Å². The van der Waals surface area contributed by atoms with E-state index in [0.717, 1.165) is 19.3 Å². The third kappa shape index (κ3) is 1.56. The molecule has 9 heavy (non-hydrogen) atoms. The second kappa shape index (κ2) is 2.67. The molecule has 1 rings (SSSR count). The highest BCUT2D eigenvalue weighted by molar-refractivity contribution is 5.26. The van der Waals surface area contributed by atoms with Gasteiger partial charge in [-0.3, -0.25) is 0 Å². The Morgan fingerprint density at radius 2 is 2.33 bits per heavy atom. The van der Waals surface area contributed by atoms with Crippen molar-refractivity contribution >= 4 is 0 Å². The second-order valence-electron chi connectivity index (χ2n) is 2.45. The summed E-state index contributed by atoms with van der Waals surface area (Å²) in [5, 5.41) is 0. The van der Waals surface area contributed by atoms with Crippen molar-refractivity contribution in [2.24, 2.45) is 0 Å². The summed E-state index contributed by atoms with van der Waals surface area (Å²) in [5.74, 6) is 0. The molecule has 0 heteroatoms. The Labute approximate surface area is 56.6 Å². The van der Waals surface area contributed by atoms with Crippen LogP contribution in [0.4, 0.5) is 0 Å². The summed E-state index contributed by atoms with van der Waals surface area (Å²) in [6, 6.07) is 0. The Bertz CT molecular complexity index is 161. The third-order valence-corrected chi connectivity index (χ3v) is 1.62. The zero-order valence-corrected chi connectivity index (χ0v) is 5.69. The molecule has 0 saturated carbocycles. The molecule has 0 aromatic heterocycles. The predicted octanol–water partition coefficient (Wildman–Crippen LogP) is 2.84. The smallest absolute Gasteiger partial charge is 0.00731 e. The molecule has 0 N–H and O–H groups in total. The molecule has 0 heterocycles. The lowest BCUT2D eigenvalue weighted by Gasteiger charge is -2.10. The summed E-state index contributed by atoms with van der Waals surface area (Å²) in [7, 11) is 0. The average molecular weight is 120 g/mol. The van der Waals surface area contributed by atoms with Crippen LogP contribution in [-0.2, 0) is 0 Å². The van der Waals surface area contributed by atoms with Crippen LogP contribution in [0.2, 0.25) is 0 Å². The predicted molar refractivity (Wildman–Crippen MR) is 41.3 cm³/mol. The van der Waals surface area contributed by atoms with Crippen LogP contribution in [0.5, 0.6) is 0 Å². The number of rotatable bonds is 1. The maximum absolute atomic E-state index is 3.92. The van der Waals surface area contributed by atoms with E-state index in [0.29, 0.717) is 0 Å². The normalized spacial score (nSPS) is 19.1. The fourth-order valence-electron chi connectivity index (χ4n) is 1.07. The van der Waals surface area contributed by atoms with Crippen molar-refractivity contribution in [2.45, 2.75) is 19.3 Å². The SMILES string of the molecule is C=CC1=CCCC(=C)C1. The van der Waals surface area contributed by atoms with E-state index in [1.165, 1.54) is 11.1 Å². The number of hydrogen-bond acceptors (Lipinski definition) is 0. The van der Waals surface area contributed by atoms with Crippen LogP contribution in [-0.4, -0.2) is 0 Å². The number of allylic oxidation sites excluding steroid dienone is 4. The van der Waals surface area contributed by atoms with Gasteiger partial charge in [-0.1, -0.05) is 30.9 Å². The average Bonchev–Trinajstić information content (AvgIpc) is 1.88. The molecule has 0 aliphatic heterocycles. The Morgan fingerprint density at radius 3 is 2.78 bits per heavy atom. The van der Waals surface area contributed by atoms with Crippen molar-refractivity contribution in [3.63, 3.8) is 0 Å². The highest BCUT2D eigenvalue weighted by Gasteiger charge is 2.01. The highest BCUT2D eigenvalue weighted by atomic mass is 14.1. The Morgan fingerprint density at radius 1 is 1.56 bits per heavy atom. The summed E-state index contributed by atoms with van der Waals surface area (Å²) >= 11 is 0. The van der Waals surface area contributed by atoms with Gasteiger partial charge in [-0.2, -0.15) is 0 Å². The first-order chi connectivity index (χ1) is 4.33. The molecule has 0 unspecified atom stereocenters. The molecule has 0 amide bonds. The van der Waals surface area contributed by atoms with Crippen LogP contribution in [0.3, 0.4) is 0 Å². The van der Waals surface area contributed by atoms with Crippen LogP contribution >= 0.6 is 0 Å². The zero-order chi connectivity index (χ0) is 6.69. The molecular formula is C9H12. The molecule has 1 aliphatic rings. The van der Waals surface area contributed by atoms with E-state index >= 15 is 0 Å². The molecule has 0 aromatic rings. The summed E-state index contributed by atoms with van der Waals surface area (Å²) < 4.78 is 0. The molecule has 0 aromatic carbocycles. The first kappa shape index (κ1) is 6.34. The van der Waals surface area contributed by atoms with Gasteiger partial charge in [0.1, 0.15) is 0 Å². The summed E-state index contributed by atoms with van der Waals surface area (Å²) in [5.41, 5.74) is 2.68. The summed E-state index contributed by atoms with van der Waals surface area (Å²) in [6.07, 6.45) is 7.52. The highest BCUT2D eigenvalue weighted by Crippen LogP contribution is 2.21. The van der Waals surface area contributed by atoms with Gasteiger partial charge in [0.15, 0.2) is 0 Å². The second-order valence-corrected chi connectivity index (χ2v) is 2.45. The molecule has 0 saturated heterocycles. The zero-order valence-electron chi connectivity index (χ0n) is 5.69. The van der Waals surface area contributed by atoms with Crippen LogP contribution < -0.4 is 0 Å². The molecule has 1 aliphatic carbocycles. The van der Waals surface area contributed by atoms with Crippen molar-refractivity contribution in [1.82, 2.24) is 0 Å². The molecule has 0 bridgehead atoms. The minimum Gasteiger partial charge on any atom is -0.0995 e. The summed E-state index contributed by atoms with van der Waals surface area (Å²) in [6.45, 7) is 7.63. The van der Waals surface area contributed by atoms with Gasteiger partial charge in [0.05, 0.1) is 0 Å². The van der Waals surface area contributed by atoms with Crippen LogP contribution in [0.15, 0.2) is 36.5 Å². The van der Waals surface area contributed by atoms with Gasteiger partial charge in [0.2, 0.25) is 0 Å². The van der Waals surface area contributed by atoms with E-state index in [1.807, 2.05) is 6.08 Å². The lowest BCUT2D eigenvalue weighted by atomic mass is 9.96. The Kier molecular flexibility index (Phi) is 1.88. The topological polar surface area (TPSA) is 0 Å². The standard InChI is InChI=1S/C9H12/c1-3-9-6-4-5-8(2)7-9/h3,6H,1-2,4-5,7H2. The summed E-state index contributed by atoms with van der Waals surface area (Å²) in [4.78, 5) is 0. The van der Waals surface area contributed by atoms with E-state index in [2.05, 4.69) is 19.2 Å². The van der Waals surface area contributed by atoms with Gasteiger partial charge < -0.3 is 0 Å². The minimum atomic E-state index is 1.05. The van der Waals surface area contributed by atoms with E-state index in [4.69, 9.17) is 0 Å². The third-order valence-electron chi connectivity index (χ3n) is 1.62. The maximum Gasteiger partial charge on any atom is -0.00731 e. The van der Waals surface area contributed by atoms with Gasteiger partial charge in [0, 0.05) is 0 Å². The van der Waals surface area contributed by atoms with Crippen LogP contribution in [0.25, 0.3) is 0 Å². The first-order valence-corrected chi connectivity index (χ1v) is 3.31. The van der Waals surface area contributed by atoms with E-state index in [-0.39, 0.29) is 0 Å². The molecule has 0 spiro atoms. The van der Waals surface area contributed by atoms with Crippen molar-refractivity contribution in [1.29, 1.82) is 0 Å². The van der Waals surface area contributed by atoms with Gasteiger partial charge in [-0.25, -0.2) is 0 Å². The molecule has 0 radical (unpaired) electrons. The van der Waals surface area contributed by atoms with E-state index in [1.54, 1.807) is 0 Å². The van der Waals surface area contributed by atoms with Crippen LogP contribution in [0, 0.1) is 0 Å². The van der Waals surface area contributed by atoms with Gasteiger partial charge >= 0.3 is 0 Å². The van der Waals surface area contributed by atoms with Crippen molar-refractivity contribution in [3.05, 3.63) is 36.5 Å². The van der Waals surface area contributed by atoms with Crippen molar-refractivity contribution in [3.8, 4) is 0 Å². The lowest BCUT2D eigenvalue weighted by Crippen LogP contribution is -1.90. The quantitative estimate of drug-likeness (QED) is 0.467. The Balaban J connectivity index is 2.63. The Hall–Kier alpha value is -0.780. The van der Waals surface area contributed by atoms with Gasteiger partial charge in [0.25, 0.3) is 0 Å². The fourth-order valence-corrected chi connectivity index (χ4v) is 1.07. The van der Waals surface area contributed by atoms with Crippen molar-refractivity contribution < 1.29 is 0 Å². The lowest BCUT2D eigenvalue weighted by molar-refractivity contribution is 0.883. The van der Waals surface area contributed by atoms with Crippen molar-refractivity contribution in [2.75, 3.05) is 0 Å². The van der Waals surface area contributed by atoms with E-state index < -0.39 is 0 Å². The molecule has 0 atom stereocenters. The monoisotopic (exact) mass is 120 g/mol. The van der Waals surface area contributed by atoms with Gasteiger partial charge in [-0.15, -0.1) is 0 Å². The first-order valence-electron chi connectivity index (χ1n) is 3.31.